The smallest absolute Gasteiger partial charge is 0.132 e. The zero-order valence-electron chi connectivity index (χ0n) is 7.91. The molecule has 0 aromatic rings. The number of aliphatic hydroxyl groups excluding tert-OH is 4. The fraction of sp³-hybridized carbons (Fsp3) is 1.00. The molecule has 1 aliphatic rings. The summed E-state index contributed by atoms with van der Waals surface area (Å²) in [5, 5.41) is 37.2. The second kappa shape index (κ2) is 5.29. The molecular weight excluding hydrogens is 208 g/mol. The van der Waals surface area contributed by atoms with Crippen LogP contribution in [0.4, 0.5) is 0 Å². The van der Waals surface area contributed by atoms with E-state index >= 15 is 0 Å². The van der Waals surface area contributed by atoms with Crippen LogP contribution in [0.25, 0.3) is 0 Å². The van der Waals surface area contributed by atoms with Gasteiger partial charge in [0.1, 0.15) is 29.9 Å². The fourth-order valence-electron chi connectivity index (χ4n) is 1.37. The molecule has 0 aliphatic carbocycles. The molecule has 6 heteroatoms. The molecule has 5 atom stereocenters. The lowest BCUT2D eigenvalue weighted by atomic mass is 10.0. The summed E-state index contributed by atoms with van der Waals surface area (Å²) in [4.78, 5) is 0. The van der Waals surface area contributed by atoms with Crippen LogP contribution in [-0.4, -0.2) is 62.6 Å². The van der Waals surface area contributed by atoms with E-state index in [1.165, 1.54) is 11.8 Å². The Balaban J connectivity index is 2.63. The van der Waals surface area contributed by atoms with Crippen molar-refractivity contribution in [3.05, 3.63) is 0 Å². The highest BCUT2D eigenvalue weighted by atomic mass is 32.2. The Hall–Kier alpha value is 0.150. The number of rotatable bonds is 3. The van der Waals surface area contributed by atoms with Crippen LogP contribution < -0.4 is 0 Å². The summed E-state index contributed by atoms with van der Waals surface area (Å²) in [5.41, 5.74) is -0.587. The molecule has 84 valence electrons. The molecule has 0 aromatic carbocycles. The molecule has 1 rings (SSSR count). The van der Waals surface area contributed by atoms with Crippen molar-refractivity contribution in [3.8, 4) is 0 Å². The highest BCUT2D eigenvalue weighted by Gasteiger charge is 2.43. The van der Waals surface area contributed by atoms with Crippen LogP contribution in [0.3, 0.4) is 0 Å². The maximum atomic E-state index is 9.51. The molecule has 0 spiro atoms. The van der Waals surface area contributed by atoms with Gasteiger partial charge in [-0.2, -0.15) is 0 Å². The molecule has 0 bridgehead atoms. The maximum Gasteiger partial charge on any atom is 0.132 e. The van der Waals surface area contributed by atoms with Crippen molar-refractivity contribution < 1.29 is 25.2 Å². The maximum absolute atomic E-state index is 9.51. The Bertz CT molecular complexity index is 175. The third-order valence-electron chi connectivity index (χ3n) is 2.18. The van der Waals surface area contributed by atoms with E-state index < -0.39 is 29.9 Å². The minimum Gasteiger partial charge on any atom is -0.394 e. The van der Waals surface area contributed by atoms with Crippen molar-refractivity contribution in [1.82, 2.24) is 0 Å². The first-order valence-electron chi connectivity index (χ1n) is 4.54. The van der Waals surface area contributed by atoms with Crippen LogP contribution >= 0.6 is 11.8 Å². The predicted molar refractivity (Wildman–Crippen MR) is 51.9 cm³/mol. The molecule has 1 saturated heterocycles. The van der Waals surface area contributed by atoms with Crippen LogP contribution in [0.15, 0.2) is 0 Å². The molecule has 1 aliphatic heterocycles. The van der Waals surface area contributed by atoms with Gasteiger partial charge in [-0.15, -0.1) is 11.8 Å². The lowest BCUT2D eigenvalue weighted by molar-refractivity contribution is -0.205. The van der Waals surface area contributed by atoms with Gasteiger partial charge >= 0.3 is 0 Å². The summed E-state index contributed by atoms with van der Waals surface area (Å²) in [6.45, 7) is 1.53. The van der Waals surface area contributed by atoms with E-state index in [4.69, 9.17) is 9.84 Å². The molecule has 0 saturated carbocycles. The number of thioether (sulfide) groups is 1. The number of aliphatic hydroxyl groups is 4. The first-order valence-corrected chi connectivity index (χ1v) is 5.58. The summed E-state index contributed by atoms with van der Waals surface area (Å²) in [6.07, 6.45) is -4.43. The van der Waals surface area contributed by atoms with Gasteiger partial charge in [0.25, 0.3) is 0 Å². The van der Waals surface area contributed by atoms with E-state index in [1.807, 2.05) is 6.92 Å². The van der Waals surface area contributed by atoms with Gasteiger partial charge in [-0.25, -0.2) is 0 Å². The highest BCUT2D eigenvalue weighted by molar-refractivity contribution is 7.99. The van der Waals surface area contributed by atoms with E-state index in [1.54, 1.807) is 0 Å². The van der Waals surface area contributed by atoms with E-state index in [2.05, 4.69) is 0 Å². The lowest BCUT2D eigenvalue weighted by Gasteiger charge is -2.39. The summed E-state index contributed by atoms with van der Waals surface area (Å²) < 4.78 is 5.22. The summed E-state index contributed by atoms with van der Waals surface area (Å²) in [6, 6.07) is 0. The van der Waals surface area contributed by atoms with Gasteiger partial charge in [0.15, 0.2) is 0 Å². The number of hydrogen-bond donors (Lipinski definition) is 4. The fourth-order valence-corrected chi connectivity index (χ4v) is 2.28. The standard InChI is InChI=1S/C8H16O5S/c1-2-14-8-7(12)6(11)5(10)4(3-9)13-8/h4-12H,2-3H2,1H3/t4-,5?,6+,7-,8+/m1/s1. The minimum atomic E-state index is -1.26. The van der Waals surface area contributed by atoms with Crippen molar-refractivity contribution in [1.29, 1.82) is 0 Å². The molecule has 14 heavy (non-hydrogen) atoms. The number of ether oxygens (including phenoxy) is 1. The molecular formula is C8H16O5S. The van der Waals surface area contributed by atoms with Crippen LogP contribution in [0.2, 0.25) is 0 Å². The SMILES string of the molecule is CCS[C@@H]1O[C@H](CO)C(O)[C@H](O)[C@H]1O. The van der Waals surface area contributed by atoms with Gasteiger partial charge in [0, 0.05) is 0 Å². The molecule has 1 fully saturated rings. The van der Waals surface area contributed by atoms with Crippen LogP contribution in [0.5, 0.6) is 0 Å². The van der Waals surface area contributed by atoms with E-state index in [0.717, 1.165) is 5.75 Å². The third kappa shape index (κ3) is 2.39. The Morgan fingerprint density at radius 1 is 1.14 bits per heavy atom. The normalized spacial score (nSPS) is 43.9. The Labute approximate surface area is 86.7 Å². The first-order chi connectivity index (χ1) is 6.61. The quantitative estimate of drug-likeness (QED) is 0.468. The van der Waals surface area contributed by atoms with Crippen molar-refractivity contribution >= 4 is 11.8 Å². The molecule has 5 nitrogen and oxygen atoms in total. The first kappa shape index (κ1) is 12.2. The van der Waals surface area contributed by atoms with Crippen molar-refractivity contribution in [2.24, 2.45) is 0 Å². The Morgan fingerprint density at radius 2 is 1.79 bits per heavy atom. The van der Waals surface area contributed by atoms with E-state index in [9.17, 15) is 15.3 Å². The lowest BCUT2D eigenvalue weighted by Crippen LogP contribution is -2.57. The minimum absolute atomic E-state index is 0.369. The van der Waals surface area contributed by atoms with Gasteiger partial charge in [0.05, 0.1) is 6.61 Å². The third-order valence-corrected chi connectivity index (χ3v) is 3.23. The van der Waals surface area contributed by atoms with Gasteiger partial charge in [-0.05, 0) is 5.75 Å². The van der Waals surface area contributed by atoms with Crippen LogP contribution in [0, 0.1) is 0 Å². The van der Waals surface area contributed by atoms with Gasteiger partial charge in [0.2, 0.25) is 0 Å². The van der Waals surface area contributed by atoms with E-state index in [-0.39, 0.29) is 6.61 Å². The monoisotopic (exact) mass is 224 g/mol. The summed E-state index contributed by atoms with van der Waals surface area (Å²) >= 11 is 1.33. The van der Waals surface area contributed by atoms with E-state index in [0.29, 0.717) is 0 Å². The zero-order valence-corrected chi connectivity index (χ0v) is 8.72. The second-order valence-electron chi connectivity index (χ2n) is 3.15. The van der Waals surface area contributed by atoms with Crippen molar-refractivity contribution in [3.63, 3.8) is 0 Å². The highest BCUT2D eigenvalue weighted by Crippen LogP contribution is 2.27. The molecule has 0 radical (unpaired) electrons. The van der Waals surface area contributed by atoms with Gasteiger partial charge in [-0.1, -0.05) is 6.92 Å². The molecule has 1 unspecified atom stereocenters. The van der Waals surface area contributed by atoms with Gasteiger partial charge in [-0.3, -0.25) is 0 Å². The molecule has 4 N–H and O–H groups in total. The van der Waals surface area contributed by atoms with Crippen molar-refractivity contribution in [2.45, 2.75) is 36.8 Å². The van der Waals surface area contributed by atoms with Crippen LogP contribution in [-0.2, 0) is 4.74 Å². The predicted octanol–water partition coefficient (Wildman–Crippen LogP) is -1.46. The average Bonchev–Trinajstić information content (AvgIpc) is 2.19. The molecule has 0 amide bonds. The summed E-state index contributed by atoms with van der Waals surface area (Å²) in [7, 11) is 0. The largest absolute Gasteiger partial charge is 0.394 e. The molecule has 1 heterocycles. The Kier molecular flexibility index (Phi) is 4.62. The van der Waals surface area contributed by atoms with Gasteiger partial charge < -0.3 is 25.2 Å². The number of hydrogen-bond acceptors (Lipinski definition) is 6. The zero-order chi connectivity index (χ0) is 10.7. The topological polar surface area (TPSA) is 90.2 Å². The van der Waals surface area contributed by atoms with Crippen molar-refractivity contribution in [2.75, 3.05) is 12.4 Å². The van der Waals surface area contributed by atoms with Crippen LogP contribution in [0.1, 0.15) is 6.92 Å². The summed E-state index contributed by atoms with van der Waals surface area (Å²) in [5.74, 6) is 0.725. The Morgan fingerprint density at radius 3 is 2.29 bits per heavy atom. The second-order valence-corrected chi connectivity index (χ2v) is 4.53. The average molecular weight is 224 g/mol. The molecule has 0 aromatic heterocycles.